The molecule has 1 aromatic heterocycles. The Kier molecular flexibility index (Phi) is 4.41. The van der Waals surface area contributed by atoms with E-state index in [0.717, 1.165) is 16.3 Å². The highest BCUT2D eigenvalue weighted by Gasteiger charge is 2.07. The Balaban J connectivity index is 1.56. The van der Waals surface area contributed by atoms with Crippen molar-refractivity contribution >= 4 is 28.1 Å². The largest absolute Gasteiger partial charge is 0.351 e. The van der Waals surface area contributed by atoms with Gasteiger partial charge in [0, 0.05) is 11.3 Å². The lowest BCUT2D eigenvalue weighted by Crippen LogP contribution is -2.21. The summed E-state index contributed by atoms with van der Waals surface area (Å²) in [6.45, 7) is 0.151. The smallest absolute Gasteiger partial charge is 0.243 e. The average Bonchev–Trinajstić information content (AvgIpc) is 3.04. The maximum Gasteiger partial charge on any atom is 0.243 e. The molecule has 0 aliphatic heterocycles. The molecule has 0 bridgehead atoms. The fourth-order valence-corrected chi connectivity index (χ4v) is 2.62. The van der Waals surface area contributed by atoms with E-state index in [0.29, 0.717) is 5.13 Å². The molecule has 6 heteroatoms. The van der Waals surface area contributed by atoms with Crippen molar-refractivity contribution in [3.63, 3.8) is 0 Å². The van der Waals surface area contributed by atoms with Gasteiger partial charge in [-0.15, -0.1) is 10.2 Å². The maximum atomic E-state index is 11.8. The molecular weight excluding hydrogens is 296 g/mol. The Morgan fingerprint density at radius 3 is 2.36 bits per heavy atom. The first-order chi connectivity index (χ1) is 10.8. The second-order valence-electron chi connectivity index (χ2n) is 4.55. The number of rotatable bonds is 5. The van der Waals surface area contributed by atoms with Gasteiger partial charge in [0.1, 0.15) is 5.01 Å². The van der Waals surface area contributed by atoms with Gasteiger partial charge in [-0.05, 0) is 12.1 Å². The van der Waals surface area contributed by atoms with E-state index in [-0.39, 0.29) is 12.5 Å². The highest BCUT2D eigenvalue weighted by molar-refractivity contribution is 7.18. The predicted molar refractivity (Wildman–Crippen MR) is 88.9 cm³/mol. The number of hydrogen-bond acceptors (Lipinski definition) is 5. The zero-order chi connectivity index (χ0) is 15.2. The van der Waals surface area contributed by atoms with Crippen LogP contribution in [0.4, 0.5) is 10.8 Å². The molecule has 2 aromatic carbocycles. The molecule has 1 heterocycles. The maximum absolute atomic E-state index is 11.8. The van der Waals surface area contributed by atoms with E-state index < -0.39 is 0 Å². The summed E-state index contributed by atoms with van der Waals surface area (Å²) < 4.78 is 0. The molecule has 0 unspecified atom stereocenters. The first kappa shape index (κ1) is 14.2. The number of aromatic nitrogens is 2. The quantitative estimate of drug-likeness (QED) is 0.759. The van der Waals surface area contributed by atoms with Crippen molar-refractivity contribution in [2.75, 3.05) is 17.2 Å². The summed E-state index contributed by atoms with van der Waals surface area (Å²) in [6.07, 6.45) is 0. The van der Waals surface area contributed by atoms with Crippen LogP contribution in [0.3, 0.4) is 0 Å². The summed E-state index contributed by atoms with van der Waals surface area (Å²) in [5.41, 5.74) is 1.79. The highest BCUT2D eigenvalue weighted by atomic mass is 32.1. The van der Waals surface area contributed by atoms with Gasteiger partial charge in [0.2, 0.25) is 11.0 Å². The normalized spacial score (nSPS) is 10.2. The second kappa shape index (κ2) is 6.82. The number of nitrogens with one attached hydrogen (secondary N) is 2. The minimum atomic E-state index is -0.123. The van der Waals surface area contributed by atoms with Crippen molar-refractivity contribution in [3.05, 3.63) is 60.7 Å². The van der Waals surface area contributed by atoms with Crippen molar-refractivity contribution in [1.82, 2.24) is 10.2 Å². The summed E-state index contributed by atoms with van der Waals surface area (Å²) in [6, 6.07) is 19.2. The third-order valence-electron chi connectivity index (χ3n) is 2.90. The summed E-state index contributed by atoms with van der Waals surface area (Å²) in [4.78, 5) is 11.8. The SMILES string of the molecule is O=C(CNc1nnc(-c2ccccc2)s1)Nc1ccccc1. The van der Waals surface area contributed by atoms with Crippen LogP contribution in [0.25, 0.3) is 10.6 Å². The van der Waals surface area contributed by atoms with E-state index in [1.807, 2.05) is 60.7 Å². The molecule has 0 atom stereocenters. The zero-order valence-corrected chi connectivity index (χ0v) is 12.5. The Hall–Kier alpha value is -2.73. The van der Waals surface area contributed by atoms with Gasteiger partial charge in [0.15, 0.2) is 0 Å². The van der Waals surface area contributed by atoms with Crippen molar-refractivity contribution in [2.24, 2.45) is 0 Å². The lowest BCUT2D eigenvalue weighted by atomic mass is 10.2. The van der Waals surface area contributed by atoms with Crippen LogP contribution < -0.4 is 10.6 Å². The lowest BCUT2D eigenvalue weighted by molar-refractivity contribution is -0.114. The number of para-hydroxylation sites is 1. The summed E-state index contributed by atoms with van der Waals surface area (Å²) in [7, 11) is 0. The second-order valence-corrected chi connectivity index (χ2v) is 5.52. The van der Waals surface area contributed by atoms with Crippen LogP contribution in [0, 0.1) is 0 Å². The Bertz CT molecular complexity index is 743. The van der Waals surface area contributed by atoms with Crippen LogP contribution >= 0.6 is 11.3 Å². The summed E-state index contributed by atoms with van der Waals surface area (Å²) >= 11 is 1.42. The lowest BCUT2D eigenvalue weighted by Gasteiger charge is -2.04. The van der Waals surface area contributed by atoms with Gasteiger partial charge in [-0.3, -0.25) is 4.79 Å². The Morgan fingerprint density at radius 2 is 1.64 bits per heavy atom. The Morgan fingerprint density at radius 1 is 0.955 bits per heavy atom. The number of amides is 1. The molecule has 0 aliphatic carbocycles. The van der Waals surface area contributed by atoms with Gasteiger partial charge < -0.3 is 10.6 Å². The number of hydrogen-bond donors (Lipinski definition) is 2. The molecule has 3 aromatic rings. The molecule has 3 rings (SSSR count). The van der Waals surface area contributed by atoms with Crippen molar-refractivity contribution < 1.29 is 4.79 Å². The molecule has 22 heavy (non-hydrogen) atoms. The monoisotopic (exact) mass is 310 g/mol. The van der Waals surface area contributed by atoms with E-state index >= 15 is 0 Å². The number of carbonyl (C=O) groups excluding carboxylic acids is 1. The molecule has 0 saturated heterocycles. The fourth-order valence-electron chi connectivity index (χ4n) is 1.87. The van der Waals surface area contributed by atoms with Gasteiger partial charge in [-0.2, -0.15) is 0 Å². The van der Waals surface area contributed by atoms with E-state index in [9.17, 15) is 4.79 Å². The highest BCUT2D eigenvalue weighted by Crippen LogP contribution is 2.25. The van der Waals surface area contributed by atoms with E-state index in [1.54, 1.807) is 0 Å². The van der Waals surface area contributed by atoms with Crippen LogP contribution in [-0.4, -0.2) is 22.6 Å². The first-order valence-electron chi connectivity index (χ1n) is 6.79. The van der Waals surface area contributed by atoms with Gasteiger partial charge in [-0.1, -0.05) is 59.9 Å². The summed E-state index contributed by atoms with van der Waals surface area (Å²) in [5.74, 6) is -0.123. The minimum Gasteiger partial charge on any atom is -0.351 e. The molecular formula is C16H14N4OS. The number of nitrogens with zero attached hydrogens (tertiary/aromatic N) is 2. The first-order valence-corrected chi connectivity index (χ1v) is 7.60. The van der Waals surface area contributed by atoms with Gasteiger partial charge >= 0.3 is 0 Å². The Labute approximate surface area is 132 Å². The molecule has 110 valence electrons. The van der Waals surface area contributed by atoms with Gasteiger partial charge in [0.05, 0.1) is 6.54 Å². The third kappa shape index (κ3) is 3.67. The van der Waals surface area contributed by atoms with E-state index in [1.165, 1.54) is 11.3 Å². The molecule has 1 amide bonds. The van der Waals surface area contributed by atoms with Crippen molar-refractivity contribution in [3.8, 4) is 10.6 Å². The average molecular weight is 310 g/mol. The fraction of sp³-hybridized carbons (Fsp3) is 0.0625. The minimum absolute atomic E-state index is 0.123. The van der Waals surface area contributed by atoms with Gasteiger partial charge in [-0.25, -0.2) is 0 Å². The van der Waals surface area contributed by atoms with Crippen LogP contribution in [0.2, 0.25) is 0 Å². The molecule has 5 nitrogen and oxygen atoms in total. The van der Waals surface area contributed by atoms with E-state index in [2.05, 4.69) is 20.8 Å². The van der Waals surface area contributed by atoms with Crippen molar-refractivity contribution in [1.29, 1.82) is 0 Å². The van der Waals surface area contributed by atoms with Crippen LogP contribution in [0.1, 0.15) is 0 Å². The zero-order valence-electron chi connectivity index (χ0n) is 11.7. The van der Waals surface area contributed by atoms with Crippen molar-refractivity contribution in [2.45, 2.75) is 0 Å². The van der Waals surface area contributed by atoms with Crippen LogP contribution in [-0.2, 0) is 4.79 Å². The number of benzene rings is 2. The third-order valence-corrected chi connectivity index (χ3v) is 3.83. The molecule has 2 N–H and O–H groups in total. The molecule has 0 aliphatic rings. The van der Waals surface area contributed by atoms with Crippen LogP contribution in [0.15, 0.2) is 60.7 Å². The summed E-state index contributed by atoms with van der Waals surface area (Å²) in [5, 5.41) is 15.4. The van der Waals surface area contributed by atoms with E-state index in [4.69, 9.17) is 0 Å². The number of anilines is 2. The topological polar surface area (TPSA) is 66.9 Å². The molecule has 0 radical (unpaired) electrons. The van der Waals surface area contributed by atoms with Gasteiger partial charge in [0.25, 0.3) is 0 Å². The number of carbonyl (C=O) groups is 1. The predicted octanol–water partition coefficient (Wildman–Crippen LogP) is 3.26. The molecule has 0 fully saturated rings. The standard InChI is InChI=1S/C16H14N4OS/c21-14(18-13-9-5-2-6-10-13)11-17-16-20-19-15(22-16)12-7-3-1-4-8-12/h1-10H,11H2,(H,17,20)(H,18,21). The molecule has 0 saturated carbocycles. The molecule has 0 spiro atoms. The van der Waals surface area contributed by atoms with Crippen LogP contribution in [0.5, 0.6) is 0 Å².